The van der Waals surface area contributed by atoms with E-state index in [0.717, 1.165) is 12.0 Å². The van der Waals surface area contributed by atoms with Crippen LogP contribution in [0.15, 0.2) is 60.7 Å². The quantitative estimate of drug-likeness (QED) is 0.545. The zero-order valence-electron chi connectivity index (χ0n) is 12.3. The van der Waals surface area contributed by atoms with Gasteiger partial charge >= 0.3 is 18.9 Å². The average molecular weight is 296 g/mol. The molecule has 0 aromatic heterocycles. The maximum Gasteiger partial charge on any atom is 1.00 e. The zero-order chi connectivity index (χ0) is 14.3. The Labute approximate surface area is 138 Å². The maximum atomic E-state index is 11.9. The molecule has 2 aromatic rings. The summed E-state index contributed by atoms with van der Waals surface area (Å²) >= 11 is 0. The topological polar surface area (TPSA) is 49.4 Å². The van der Waals surface area contributed by atoms with Crippen molar-refractivity contribution in [2.75, 3.05) is 12.5 Å². The molecule has 0 bridgehead atoms. The molecule has 0 saturated carbocycles. The Kier molecular flexibility index (Phi) is 7.86. The minimum atomic E-state index is -3.47. The number of benzene rings is 2. The van der Waals surface area contributed by atoms with E-state index < -0.39 is 7.37 Å². The molecule has 2 rings (SSSR count). The molecule has 0 aliphatic heterocycles. The van der Waals surface area contributed by atoms with Gasteiger partial charge in [-0.1, -0.05) is 48.5 Å². The standard InChI is InChI=1S/C16H19O3P.Li/c17-20(18,14-19-16-11-5-2-6-12-16)13-7-10-15-8-3-1-4-9-15;/h1-6,8-9,11-12H,7,10,13-14H2,(H,17,18);/q;+1/p-1. The van der Waals surface area contributed by atoms with E-state index >= 15 is 0 Å². The molecule has 0 aliphatic rings. The zero-order valence-corrected chi connectivity index (χ0v) is 13.2. The molecule has 0 heterocycles. The largest absolute Gasteiger partial charge is 1.00 e. The smallest absolute Gasteiger partial charge is 0.797 e. The van der Waals surface area contributed by atoms with Crippen LogP contribution in [0.4, 0.5) is 0 Å². The van der Waals surface area contributed by atoms with Crippen LogP contribution in [-0.4, -0.2) is 12.5 Å². The van der Waals surface area contributed by atoms with Crippen molar-refractivity contribution in [3.05, 3.63) is 66.2 Å². The molecule has 0 fully saturated rings. The third-order valence-corrected chi connectivity index (χ3v) is 4.50. The van der Waals surface area contributed by atoms with Crippen LogP contribution in [0, 0.1) is 0 Å². The monoisotopic (exact) mass is 296 g/mol. The number of para-hydroxylation sites is 1. The van der Waals surface area contributed by atoms with E-state index in [0.29, 0.717) is 12.2 Å². The van der Waals surface area contributed by atoms with E-state index in [1.807, 2.05) is 48.5 Å². The van der Waals surface area contributed by atoms with Gasteiger partial charge in [-0.3, -0.25) is 0 Å². The Balaban J connectivity index is 0.00000220. The van der Waals surface area contributed by atoms with E-state index in [1.54, 1.807) is 12.1 Å². The van der Waals surface area contributed by atoms with E-state index in [9.17, 15) is 9.46 Å². The van der Waals surface area contributed by atoms with Gasteiger partial charge in [0.15, 0.2) is 0 Å². The van der Waals surface area contributed by atoms with Crippen molar-refractivity contribution in [1.29, 1.82) is 0 Å². The molecule has 0 aliphatic carbocycles. The molecule has 3 nitrogen and oxygen atoms in total. The molecule has 0 N–H and O–H groups in total. The summed E-state index contributed by atoms with van der Waals surface area (Å²) in [5.41, 5.74) is 1.16. The van der Waals surface area contributed by atoms with Gasteiger partial charge in [0.25, 0.3) is 0 Å². The van der Waals surface area contributed by atoms with Crippen molar-refractivity contribution in [3.8, 4) is 5.75 Å². The van der Waals surface area contributed by atoms with Crippen LogP contribution in [0.1, 0.15) is 12.0 Å². The SMILES string of the molecule is O=P([O-])(CCCc1ccccc1)COc1ccccc1.[Li+]. The van der Waals surface area contributed by atoms with Crippen LogP contribution in [0.3, 0.4) is 0 Å². The van der Waals surface area contributed by atoms with Gasteiger partial charge < -0.3 is 14.2 Å². The van der Waals surface area contributed by atoms with Gasteiger partial charge in [0.1, 0.15) is 12.1 Å². The Morgan fingerprint density at radius 2 is 1.52 bits per heavy atom. The van der Waals surface area contributed by atoms with E-state index in [4.69, 9.17) is 4.74 Å². The van der Waals surface area contributed by atoms with Crippen molar-refractivity contribution >= 4 is 7.37 Å². The number of hydrogen-bond acceptors (Lipinski definition) is 3. The van der Waals surface area contributed by atoms with Gasteiger partial charge in [-0.05, 0) is 36.7 Å². The van der Waals surface area contributed by atoms with Gasteiger partial charge in [0.05, 0.1) is 7.37 Å². The summed E-state index contributed by atoms with van der Waals surface area (Å²) in [6.45, 7) is 0. The fraction of sp³-hybridized carbons (Fsp3) is 0.250. The van der Waals surface area contributed by atoms with E-state index in [2.05, 4.69) is 0 Å². The number of hydrogen-bond donors (Lipinski definition) is 0. The molecular formula is C16H18LiO3P. The Hall–Kier alpha value is -0.973. The molecule has 2 aromatic carbocycles. The van der Waals surface area contributed by atoms with Gasteiger partial charge in [0.2, 0.25) is 0 Å². The Bertz CT molecular complexity index is 560. The van der Waals surface area contributed by atoms with Crippen LogP contribution in [0.5, 0.6) is 5.75 Å². The van der Waals surface area contributed by atoms with Gasteiger partial charge in [-0.15, -0.1) is 0 Å². The summed E-state index contributed by atoms with van der Waals surface area (Å²) in [5.74, 6) is 0.589. The Morgan fingerprint density at radius 1 is 0.952 bits per heavy atom. The van der Waals surface area contributed by atoms with Crippen LogP contribution in [0.25, 0.3) is 0 Å². The summed E-state index contributed by atoms with van der Waals surface area (Å²) in [6.07, 6.45) is 1.35. The predicted molar refractivity (Wildman–Crippen MR) is 79.2 cm³/mol. The molecule has 0 radical (unpaired) electrons. The van der Waals surface area contributed by atoms with Gasteiger partial charge in [-0.2, -0.15) is 0 Å². The van der Waals surface area contributed by atoms with Crippen molar-refractivity contribution in [2.24, 2.45) is 0 Å². The number of rotatable bonds is 7. The summed E-state index contributed by atoms with van der Waals surface area (Å²) < 4.78 is 17.2. The first-order valence-electron chi connectivity index (χ1n) is 6.67. The molecule has 106 valence electrons. The van der Waals surface area contributed by atoms with Crippen molar-refractivity contribution in [1.82, 2.24) is 0 Å². The molecular weight excluding hydrogens is 278 g/mol. The minimum Gasteiger partial charge on any atom is -0.797 e. The number of ether oxygens (including phenoxy) is 1. The molecule has 1 unspecified atom stereocenters. The fourth-order valence-corrected chi connectivity index (χ4v) is 3.04. The summed E-state index contributed by atoms with van der Waals surface area (Å²) in [5, 5.41) is 0. The minimum absolute atomic E-state index is 0. The van der Waals surface area contributed by atoms with Crippen LogP contribution < -0.4 is 28.5 Å². The normalized spacial score (nSPS) is 13.0. The summed E-state index contributed by atoms with van der Waals surface area (Å²) in [4.78, 5) is 11.9. The van der Waals surface area contributed by atoms with Crippen molar-refractivity contribution < 1.29 is 33.1 Å². The van der Waals surface area contributed by atoms with Gasteiger partial charge in [-0.25, -0.2) is 0 Å². The molecule has 21 heavy (non-hydrogen) atoms. The first-order chi connectivity index (χ1) is 9.66. The summed E-state index contributed by atoms with van der Waals surface area (Å²) in [6, 6.07) is 18.9. The molecule has 0 spiro atoms. The Morgan fingerprint density at radius 3 is 2.14 bits per heavy atom. The first kappa shape index (κ1) is 18.1. The van der Waals surface area contributed by atoms with Crippen LogP contribution in [0.2, 0.25) is 0 Å². The van der Waals surface area contributed by atoms with Crippen molar-refractivity contribution in [2.45, 2.75) is 12.8 Å². The van der Waals surface area contributed by atoms with Crippen LogP contribution in [-0.2, 0) is 11.0 Å². The molecule has 0 amide bonds. The third kappa shape index (κ3) is 7.02. The average Bonchev–Trinajstić information content (AvgIpc) is 2.47. The van der Waals surface area contributed by atoms with Crippen LogP contribution >= 0.6 is 7.37 Å². The third-order valence-electron chi connectivity index (χ3n) is 2.98. The second-order valence-electron chi connectivity index (χ2n) is 4.71. The van der Waals surface area contributed by atoms with E-state index in [-0.39, 0.29) is 31.4 Å². The maximum absolute atomic E-state index is 11.9. The predicted octanol–water partition coefficient (Wildman–Crippen LogP) is 0.298. The molecule has 5 heteroatoms. The van der Waals surface area contributed by atoms with Crippen molar-refractivity contribution in [3.63, 3.8) is 0 Å². The number of aryl methyl sites for hydroxylation is 1. The first-order valence-corrected chi connectivity index (χ1v) is 8.66. The summed E-state index contributed by atoms with van der Waals surface area (Å²) in [7, 11) is -3.47. The molecule has 0 saturated heterocycles. The second kappa shape index (κ2) is 9.13. The second-order valence-corrected chi connectivity index (χ2v) is 7.05. The molecule has 1 atom stereocenters. The van der Waals surface area contributed by atoms with E-state index in [1.165, 1.54) is 0 Å². The fourth-order valence-electron chi connectivity index (χ4n) is 1.92. The van der Waals surface area contributed by atoms with Gasteiger partial charge in [0, 0.05) is 0 Å².